The molecule has 1 aromatic carbocycles. The van der Waals surface area contributed by atoms with Crippen molar-refractivity contribution in [3.05, 3.63) is 29.8 Å². The molecule has 0 spiro atoms. The van der Waals surface area contributed by atoms with Crippen LogP contribution in [0.2, 0.25) is 0 Å². The molecular formula is C16H19NO8. The maximum atomic E-state index is 11.5. The molecule has 136 valence electrons. The number of methoxy groups -OCH3 is 1. The van der Waals surface area contributed by atoms with Crippen LogP contribution in [0.15, 0.2) is 24.3 Å². The minimum Gasteiger partial charge on any atom is -0.432 e. The van der Waals surface area contributed by atoms with E-state index < -0.39 is 24.3 Å². The van der Waals surface area contributed by atoms with Crippen LogP contribution >= 0.6 is 0 Å². The van der Waals surface area contributed by atoms with Gasteiger partial charge in [-0.25, -0.2) is 14.4 Å². The number of nitrogens with one attached hydrogen (secondary N) is 1. The van der Waals surface area contributed by atoms with E-state index in [1.807, 2.05) is 0 Å². The summed E-state index contributed by atoms with van der Waals surface area (Å²) in [4.78, 5) is 33.8. The van der Waals surface area contributed by atoms with E-state index in [-0.39, 0.29) is 19.6 Å². The predicted molar refractivity (Wildman–Crippen MR) is 83.2 cm³/mol. The third-order valence-electron chi connectivity index (χ3n) is 3.21. The van der Waals surface area contributed by atoms with Crippen molar-refractivity contribution in [2.45, 2.75) is 12.5 Å². The minimum absolute atomic E-state index is 0.0735. The highest BCUT2D eigenvalue weighted by Gasteiger charge is 2.32. The second-order valence-electron chi connectivity index (χ2n) is 5.06. The monoisotopic (exact) mass is 353 g/mol. The van der Waals surface area contributed by atoms with Gasteiger partial charge >= 0.3 is 18.2 Å². The first-order chi connectivity index (χ1) is 12.1. The Morgan fingerprint density at radius 1 is 1.12 bits per heavy atom. The molecule has 25 heavy (non-hydrogen) atoms. The van der Waals surface area contributed by atoms with Crippen molar-refractivity contribution in [1.82, 2.24) is 5.32 Å². The molecule has 1 heterocycles. The van der Waals surface area contributed by atoms with Crippen molar-refractivity contribution in [3.63, 3.8) is 0 Å². The smallest absolute Gasteiger partial charge is 0.432 e. The summed E-state index contributed by atoms with van der Waals surface area (Å²) in [5.41, 5.74) is 0.774. The maximum Gasteiger partial charge on any atom is 0.513 e. The number of ether oxygens (including phenoxy) is 5. The van der Waals surface area contributed by atoms with Crippen molar-refractivity contribution >= 4 is 18.2 Å². The van der Waals surface area contributed by atoms with Gasteiger partial charge in [0.25, 0.3) is 0 Å². The van der Waals surface area contributed by atoms with Crippen molar-refractivity contribution in [3.8, 4) is 5.75 Å². The fraction of sp³-hybridized carbons (Fsp3) is 0.438. The Morgan fingerprint density at radius 3 is 2.48 bits per heavy atom. The number of cyclic esters (lactones) is 2. The lowest BCUT2D eigenvalue weighted by molar-refractivity contribution is -0.135. The molecule has 0 aliphatic carbocycles. The summed E-state index contributed by atoms with van der Waals surface area (Å²) in [6.07, 6.45) is -1.30. The molecule has 1 aliphatic rings. The largest absolute Gasteiger partial charge is 0.513 e. The van der Waals surface area contributed by atoms with Crippen LogP contribution in [0.5, 0.6) is 5.75 Å². The van der Waals surface area contributed by atoms with Crippen LogP contribution in [-0.2, 0) is 30.2 Å². The van der Waals surface area contributed by atoms with Gasteiger partial charge in [0.1, 0.15) is 18.4 Å². The second-order valence-corrected chi connectivity index (χ2v) is 5.06. The summed E-state index contributed by atoms with van der Waals surface area (Å²) < 4.78 is 24.2. The van der Waals surface area contributed by atoms with Crippen LogP contribution in [0.1, 0.15) is 5.56 Å². The van der Waals surface area contributed by atoms with E-state index in [0.29, 0.717) is 19.0 Å². The van der Waals surface area contributed by atoms with E-state index in [9.17, 15) is 14.4 Å². The molecule has 9 heteroatoms. The highest BCUT2D eigenvalue weighted by Crippen LogP contribution is 2.15. The number of esters is 1. The summed E-state index contributed by atoms with van der Waals surface area (Å²) in [6.45, 7) is 1.22. The average Bonchev–Trinajstić information content (AvgIpc) is 2.90. The van der Waals surface area contributed by atoms with Crippen molar-refractivity contribution in [2.24, 2.45) is 0 Å². The quantitative estimate of drug-likeness (QED) is 0.304. The van der Waals surface area contributed by atoms with E-state index in [1.54, 1.807) is 31.4 Å². The Balaban J connectivity index is 1.70. The molecule has 0 bridgehead atoms. The van der Waals surface area contributed by atoms with Gasteiger partial charge in [0, 0.05) is 13.5 Å². The number of hydrogen-bond acceptors (Lipinski definition) is 8. The summed E-state index contributed by atoms with van der Waals surface area (Å²) in [5, 5.41) is 2.40. The highest BCUT2D eigenvalue weighted by atomic mass is 16.7. The van der Waals surface area contributed by atoms with Gasteiger partial charge in [-0.15, -0.1) is 0 Å². The number of hydrogen-bond donors (Lipinski definition) is 1. The van der Waals surface area contributed by atoms with Crippen LogP contribution in [0.3, 0.4) is 0 Å². The van der Waals surface area contributed by atoms with Crippen molar-refractivity contribution in [1.29, 1.82) is 0 Å². The van der Waals surface area contributed by atoms with Gasteiger partial charge in [-0.2, -0.15) is 0 Å². The first kappa shape index (κ1) is 18.7. The fourth-order valence-electron chi connectivity index (χ4n) is 2.01. The number of amides is 1. The number of alkyl carbamates (subject to hydrolysis) is 1. The standard InChI is InChI=1S/C16H19NO8/c1-21-6-7-22-8-9-23-16(20)24-12-4-2-11(3-5-12)10-13-14(18)25-15(19)17-13/h2-5,13H,6-10H2,1H3,(H,17,19)/t13-/m0/s1. The van der Waals surface area contributed by atoms with Crippen molar-refractivity contribution in [2.75, 3.05) is 33.5 Å². The molecule has 1 amide bonds. The Hall–Kier alpha value is -2.65. The SMILES string of the molecule is COCCOCCOC(=O)Oc1ccc(C[C@@H]2NC(=O)OC2=O)cc1. The Labute approximate surface area is 144 Å². The normalized spacial score (nSPS) is 16.3. The lowest BCUT2D eigenvalue weighted by atomic mass is 10.1. The second kappa shape index (κ2) is 9.60. The van der Waals surface area contributed by atoms with E-state index in [4.69, 9.17) is 18.9 Å². The van der Waals surface area contributed by atoms with Crippen LogP contribution in [0.25, 0.3) is 0 Å². The summed E-state index contributed by atoms with van der Waals surface area (Å²) in [7, 11) is 1.57. The minimum atomic E-state index is -0.838. The average molecular weight is 353 g/mol. The third kappa shape index (κ3) is 6.40. The summed E-state index contributed by atoms with van der Waals surface area (Å²) in [6, 6.07) is 5.77. The molecule has 2 rings (SSSR count). The third-order valence-corrected chi connectivity index (χ3v) is 3.21. The number of rotatable bonds is 9. The van der Waals surface area contributed by atoms with E-state index in [0.717, 1.165) is 5.56 Å². The molecule has 0 radical (unpaired) electrons. The lowest BCUT2D eigenvalue weighted by Crippen LogP contribution is -2.30. The van der Waals surface area contributed by atoms with Gasteiger partial charge in [0.05, 0.1) is 19.8 Å². The zero-order valence-corrected chi connectivity index (χ0v) is 13.7. The van der Waals surface area contributed by atoms with E-state index >= 15 is 0 Å². The molecule has 0 unspecified atom stereocenters. The Kier molecular flexibility index (Phi) is 7.17. The molecule has 1 aromatic rings. The number of carbonyl (C=O) groups excluding carboxylic acids is 3. The van der Waals surface area contributed by atoms with Gasteiger partial charge in [-0.05, 0) is 17.7 Å². The van der Waals surface area contributed by atoms with Crippen molar-refractivity contribution < 1.29 is 38.1 Å². The van der Waals surface area contributed by atoms with Gasteiger partial charge < -0.3 is 29.0 Å². The van der Waals surface area contributed by atoms with E-state index in [1.165, 1.54) is 0 Å². The maximum absolute atomic E-state index is 11.5. The van der Waals surface area contributed by atoms with Crippen LogP contribution in [0.4, 0.5) is 9.59 Å². The molecule has 1 N–H and O–H groups in total. The molecule has 0 saturated carbocycles. The van der Waals surface area contributed by atoms with E-state index in [2.05, 4.69) is 10.1 Å². The zero-order chi connectivity index (χ0) is 18.1. The summed E-state index contributed by atoms with van der Waals surface area (Å²) >= 11 is 0. The molecule has 1 atom stereocenters. The molecule has 9 nitrogen and oxygen atoms in total. The van der Waals surface area contributed by atoms with Crippen LogP contribution < -0.4 is 10.1 Å². The molecule has 1 fully saturated rings. The fourth-order valence-corrected chi connectivity index (χ4v) is 2.01. The molecule has 0 aromatic heterocycles. The summed E-state index contributed by atoms with van der Waals surface area (Å²) in [5.74, 6) is -0.311. The Morgan fingerprint density at radius 2 is 1.84 bits per heavy atom. The topological polar surface area (TPSA) is 109 Å². The van der Waals surface area contributed by atoms with Crippen LogP contribution in [-0.4, -0.2) is 57.8 Å². The lowest BCUT2D eigenvalue weighted by Gasteiger charge is -2.08. The zero-order valence-electron chi connectivity index (χ0n) is 13.7. The number of benzene rings is 1. The number of carbonyl (C=O) groups is 3. The first-order valence-corrected chi connectivity index (χ1v) is 7.61. The van der Waals surface area contributed by atoms with Gasteiger partial charge in [0.2, 0.25) is 0 Å². The molecule has 1 aliphatic heterocycles. The molecular weight excluding hydrogens is 334 g/mol. The Bertz CT molecular complexity index is 601. The van der Waals surface area contributed by atoms with Gasteiger partial charge in [-0.3, -0.25) is 0 Å². The molecule has 1 saturated heterocycles. The predicted octanol–water partition coefficient (Wildman–Crippen LogP) is 1.04. The van der Waals surface area contributed by atoms with Crippen LogP contribution in [0, 0.1) is 0 Å². The van der Waals surface area contributed by atoms with Gasteiger partial charge in [-0.1, -0.05) is 12.1 Å². The highest BCUT2D eigenvalue weighted by molar-refractivity contribution is 5.95. The first-order valence-electron chi connectivity index (χ1n) is 7.61. The van der Waals surface area contributed by atoms with Gasteiger partial charge in [0.15, 0.2) is 0 Å².